The number of halogens is 1. The Hall–Kier alpha value is -1.21. The van der Waals surface area contributed by atoms with Crippen LogP contribution in [0.3, 0.4) is 0 Å². The largest absolute Gasteiger partial charge is 0.473 e. The minimum atomic E-state index is -0.479. The second kappa shape index (κ2) is 5.19. The summed E-state index contributed by atoms with van der Waals surface area (Å²) >= 11 is 3.24. The Labute approximate surface area is 113 Å². The standard InChI is InChI=1S/C11H14BrN3O3/c1-14(2)7-3-9(4-7)18-11-10(12)5-8(6-13-11)15(16)17/h5-7,9H,3-4H2,1-2H3. The van der Waals surface area contributed by atoms with E-state index in [1.54, 1.807) is 0 Å². The van der Waals surface area contributed by atoms with Crippen molar-refractivity contribution in [3.63, 3.8) is 0 Å². The Morgan fingerprint density at radius 1 is 1.56 bits per heavy atom. The van der Waals surface area contributed by atoms with Gasteiger partial charge in [0.2, 0.25) is 5.88 Å². The number of pyridine rings is 1. The summed E-state index contributed by atoms with van der Waals surface area (Å²) in [5, 5.41) is 10.6. The Morgan fingerprint density at radius 3 is 2.72 bits per heavy atom. The molecule has 0 aliphatic heterocycles. The summed E-state index contributed by atoms with van der Waals surface area (Å²) in [5.41, 5.74) is -0.0472. The van der Waals surface area contributed by atoms with Crippen LogP contribution >= 0.6 is 15.9 Å². The van der Waals surface area contributed by atoms with Gasteiger partial charge in [-0.25, -0.2) is 4.98 Å². The zero-order chi connectivity index (χ0) is 13.3. The van der Waals surface area contributed by atoms with E-state index in [1.165, 1.54) is 12.3 Å². The molecule has 0 amide bonds. The molecule has 0 N–H and O–H groups in total. The Kier molecular flexibility index (Phi) is 3.82. The quantitative estimate of drug-likeness (QED) is 0.629. The number of nitro groups is 1. The van der Waals surface area contributed by atoms with Crippen LogP contribution in [0.5, 0.6) is 5.88 Å². The van der Waals surface area contributed by atoms with Crippen LogP contribution in [0.1, 0.15) is 12.8 Å². The van der Waals surface area contributed by atoms with Gasteiger partial charge in [-0.2, -0.15) is 0 Å². The van der Waals surface area contributed by atoms with Crippen molar-refractivity contribution in [3.8, 4) is 5.88 Å². The van der Waals surface area contributed by atoms with Crippen LogP contribution < -0.4 is 4.74 Å². The minimum Gasteiger partial charge on any atom is -0.473 e. The topological polar surface area (TPSA) is 68.5 Å². The molecule has 6 nitrogen and oxygen atoms in total. The molecule has 0 spiro atoms. The molecule has 1 aromatic heterocycles. The molecular weight excluding hydrogens is 302 g/mol. The van der Waals surface area contributed by atoms with Crippen molar-refractivity contribution in [2.24, 2.45) is 0 Å². The third-order valence-electron chi connectivity index (χ3n) is 3.08. The van der Waals surface area contributed by atoms with E-state index in [4.69, 9.17) is 4.74 Å². The summed E-state index contributed by atoms with van der Waals surface area (Å²) in [5.74, 6) is 0.419. The lowest BCUT2D eigenvalue weighted by atomic mass is 9.88. The van der Waals surface area contributed by atoms with Crippen molar-refractivity contribution < 1.29 is 9.66 Å². The fourth-order valence-electron chi connectivity index (χ4n) is 1.82. The van der Waals surface area contributed by atoms with E-state index in [2.05, 4.69) is 25.8 Å². The molecule has 0 radical (unpaired) electrons. The molecule has 0 aromatic carbocycles. The summed E-state index contributed by atoms with van der Waals surface area (Å²) in [4.78, 5) is 16.2. The van der Waals surface area contributed by atoms with E-state index in [0.29, 0.717) is 16.4 Å². The normalized spacial score (nSPS) is 22.7. The van der Waals surface area contributed by atoms with Gasteiger partial charge in [-0.05, 0) is 30.0 Å². The minimum absolute atomic E-state index is 0.0472. The first-order chi connectivity index (χ1) is 8.47. The number of ether oxygens (including phenoxy) is 1. The third kappa shape index (κ3) is 2.78. The summed E-state index contributed by atoms with van der Waals surface area (Å²) in [6, 6.07) is 1.96. The van der Waals surface area contributed by atoms with Gasteiger partial charge in [0, 0.05) is 24.9 Å². The predicted molar refractivity (Wildman–Crippen MR) is 69.7 cm³/mol. The SMILES string of the molecule is CN(C)C1CC(Oc2ncc([N+](=O)[O-])cc2Br)C1. The van der Waals surface area contributed by atoms with Crippen LogP contribution in [-0.2, 0) is 0 Å². The van der Waals surface area contributed by atoms with E-state index >= 15 is 0 Å². The highest BCUT2D eigenvalue weighted by atomic mass is 79.9. The number of hydrogen-bond acceptors (Lipinski definition) is 5. The number of hydrogen-bond donors (Lipinski definition) is 0. The Morgan fingerprint density at radius 2 is 2.22 bits per heavy atom. The molecule has 0 bridgehead atoms. The molecule has 0 atom stereocenters. The molecule has 98 valence electrons. The first-order valence-electron chi connectivity index (χ1n) is 5.60. The van der Waals surface area contributed by atoms with Crippen LogP contribution in [0, 0.1) is 10.1 Å². The van der Waals surface area contributed by atoms with Crippen LogP contribution in [0.2, 0.25) is 0 Å². The monoisotopic (exact) mass is 315 g/mol. The van der Waals surface area contributed by atoms with Gasteiger partial charge in [-0.3, -0.25) is 10.1 Å². The molecule has 1 aliphatic rings. The summed E-state index contributed by atoms with van der Waals surface area (Å²) in [7, 11) is 4.09. The second-order valence-corrected chi connectivity index (χ2v) is 5.42. The van der Waals surface area contributed by atoms with Gasteiger partial charge in [-0.15, -0.1) is 0 Å². The molecule has 1 aliphatic carbocycles. The van der Waals surface area contributed by atoms with Crippen molar-refractivity contribution in [2.45, 2.75) is 25.0 Å². The average molecular weight is 316 g/mol. The number of rotatable bonds is 4. The molecule has 1 aromatic rings. The lowest BCUT2D eigenvalue weighted by molar-refractivity contribution is -0.385. The number of aromatic nitrogens is 1. The lowest BCUT2D eigenvalue weighted by Gasteiger charge is -2.39. The molecule has 1 heterocycles. The highest BCUT2D eigenvalue weighted by molar-refractivity contribution is 9.10. The van der Waals surface area contributed by atoms with Crippen LogP contribution in [0.15, 0.2) is 16.7 Å². The van der Waals surface area contributed by atoms with E-state index in [0.717, 1.165) is 12.8 Å². The van der Waals surface area contributed by atoms with Crippen molar-refractivity contribution in [1.82, 2.24) is 9.88 Å². The van der Waals surface area contributed by atoms with Gasteiger partial charge in [-0.1, -0.05) is 0 Å². The smallest absolute Gasteiger partial charge is 0.288 e. The fraction of sp³-hybridized carbons (Fsp3) is 0.545. The summed E-state index contributed by atoms with van der Waals surface area (Å²) < 4.78 is 6.21. The lowest BCUT2D eigenvalue weighted by Crippen LogP contribution is -2.46. The third-order valence-corrected chi connectivity index (χ3v) is 3.65. The van der Waals surface area contributed by atoms with E-state index in [-0.39, 0.29) is 11.8 Å². The van der Waals surface area contributed by atoms with E-state index in [1.807, 2.05) is 14.1 Å². The second-order valence-electron chi connectivity index (χ2n) is 4.57. The Balaban J connectivity index is 1.97. The molecule has 1 fully saturated rings. The maximum Gasteiger partial charge on any atom is 0.288 e. The average Bonchev–Trinajstić information content (AvgIpc) is 2.23. The first kappa shape index (κ1) is 13.2. The van der Waals surface area contributed by atoms with Gasteiger partial charge in [0.25, 0.3) is 5.69 Å². The molecule has 0 unspecified atom stereocenters. The van der Waals surface area contributed by atoms with Crippen LogP contribution in [0.4, 0.5) is 5.69 Å². The molecule has 1 saturated carbocycles. The highest BCUT2D eigenvalue weighted by Gasteiger charge is 2.33. The maximum absolute atomic E-state index is 10.6. The molecule has 18 heavy (non-hydrogen) atoms. The predicted octanol–water partition coefficient (Wildman–Crippen LogP) is 2.22. The first-order valence-corrected chi connectivity index (χ1v) is 6.39. The van der Waals surface area contributed by atoms with Crippen molar-refractivity contribution in [3.05, 3.63) is 26.9 Å². The zero-order valence-electron chi connectivity index (χ0n) is 10.2. The van der Waals surface area contributed by atoms with E-state index < -0.39 is 4.92 Å². The summed E-state index contributed by atoms with van der Waals surface area (Å²) in [6.45, 7) is 0. The van der Waals surface area contributed by atoms with Crippen molar-refractivity contribution >= 4 is 21.6 Å². The van der Waals surface area contributed by atoms with Gasteiger partial charge < -0.3 is 9.64 Å². The molecule has 7 heteroatoms. The highest BCUT2D eigenvalue weighted by Crippen LogP contribution is 2.32. The molecular formula is C11H14BrN3O3. The van der Waals surface area contributed by atoms with Crippen molar-refractivity contribution in [1.29, 1.82) is 0 Å². The van der Waals surface area contributed by atoms with Crippen molar-refractivity contribution in [2.75, 3.05) is 14.1 Å². The van der Waals surface area contributed by atoms with Gasteiger partial charge >= 0.3 is 0 Å². The fourth-order valence-corrected chi connectivity index (χ4v) is 2.25. The van der Waals surface area contributed by atoms with Gasteiger partial charge in [0.15, 0.2) is 0 Å². The van der Waals surface area contributed by atoms with Crippen LogP contribution in [-0.4, -0.2) is 41.0 Å². The molecule has 0 saturated heterocycles. The van der Waals surface area contributed by atoms with E-state index in [9.17, 15) is 10.1 Å². The zero-order valence-corrected chi connectivity index (χ0v) is 11.8. The Bertz CT molecular complexity index is 461. The summed E-state index contributed by atoms with van der Waals surface area (Å²) in [6.07, 6.45) is 3.26. The van der Waals surface area contributed by atoms with Crippen LogP contribution in [0.25, 0.3) is 0 Å². The van der Waals surface area contributed by atoms with Gasteiger partial charge in [0.1, 0.15) is 12.3 Å². The number of nitrogens with zero attached hydrogens (tertiary/aromatic N) is 3. The molecule has 2 rings (SSSR count). The van der Waals surface area contributed by atoms with Gasteiger partial charge in [0.05, 0.1) is 9.40 Å². The maximum atomic E-state index is 10.6.